The molecule has 1 fully saturated rings. The molecule has 0 radical (unpaired) electrons. The van der Waals surface area contributed by atoms with Crippen molar-refractivity contribution in [1.82, 2.24) is 5.32 Å². The highest BCUT2D eigenvalue weighted by Crippen LogP contribution is 2.38. The number of carbonyl (C=O) groups excluding carboxylic acids is 2. The predicted octanol–water partition coefficient (Wildman–Crippen LogP) is 1.89. The number of carboxylic acids is 1. The molecule has 9 heteroatoms. The second kappa shape index (κ2) is 7.23. The van der Waals surface area contributed by atoms with E-state index in [1.165, 1.54) is 11.8 Å². The minimum absolute atomic E-state index is 0.0417. The molecule has 2 atom stereocenters. The SMILES string of the molecule is O=C(O)CC1(NC(=O)CC2Sc3ccc(Cl)cc3NC2=O)CCOC1. The number of rotatable bonds is 5. The zero-order valence-electron chi connectivity index (χ0n) is 13.2. The molecule has 3 rings (SSSR count). The Morgan fingerprint density at radius 1 is 1.48 bits per heavy atom. The molecule has 0 bridgehead atoms. The molecule has 134 valence electrons. The van der Waals surface area contributed by atoms with Crippen molar-refractivity contribution in [1.29, 1.82) is 0 Å². The van der Waals surface area contributed by atoms with Gasteiger partial charge in [0.05, 0.1) is 29.5 Å². The number of carbonyl (C=O) groups is 3. The molecule has 1 aromatic carbocycles. The van der Waals surface area contributed by atoms with Crippen molar-refractivity contribution in [2.75, 3.05) is 18.5 Å². The Kier molecular flexibility index (Phi) is 5.21. The van der Waals surface area contributed by atoms with Crippen molar-refractivity contribution in [3.05, 3.63) is 23.2 Å². The van der Waals surface area contributed by atoms with Crippen molar-refractivity contribution < 1.29 is 24.2 Å². The van der Waals surface area contributed by atoms with Crippen molar-refractivity contribution >= 4 is 46.8 Å². The maximum absolute atomic E-state index is 12.4. The van der Waals surface area contributed by atoms with E-state index >= 15 is 0 Å². The minimum atomic E-state index is -0.999. The highest BCUT2D eigenvalue weighted by Gasteiger charge is 2.39. The summed E-state index contributed by atoms with van der Waals surface area (Å²) in [5.74, 6) is -1.64. The third-order valence-electron chi connectivity index (χ3n) is 4.13. The predicted molar refractivity (Wildman–Crippen MR) is 92.9 cm³/mol. The topological polar surface area (TPSA) is 105 Å². The fourth-order valence-corrected chi connectivity index (χ4v) is 4.21. The van der Waals surface area contributed by atoms with Crippen LogP contribution in [0.3, 0.4) is 0 Å². The summed E-state index contributed by atoms with van der Waals surface area (Å²) in [6.45, 7) is 0.566. The van der Waals surface area contributed by atoms with Gasteiger partial charge in [-0.05, 0) is 24.6 Å². The molecule has 0 spiro atoms. The van der Waals surface area contributed by atoms with Crippen LogP contribution in [0.5, 0.6) is 0 Å². The Morgan fingerprint density at radius 3 is 2.96 bits per heavy atom. The maximum Gasteiger partial charge on any atom is 0.305 e. The monoisotopic (exact) mass is 384 g/mol. The molecule has 1 aromatic rings. The third-order valence-corrected chi connectivity index (χ3v) is 5.64. The van der Waals surface area contributed by atoms with Crippen LogP contribution in [-0.4, -0.2) is 46.9 Å². The van der Waals surface area contributed by atoms with E-state index in [1.807, 2.05) is 0 Å². The van der Waals surface area contributed by atoms with Gasteiger partial charge >= 0.3 is 5.97 Å². The van der Waals surface area contributed by atoms with E-state index < -0.39 is 16.8 Å². The summed E-state index contributed by atoms with van der Waals surface area (Å²) in [4.78, 5) is 36.5. The lowest BCUT2D eigenvalue weighted by Gasteiger charge is -2.29. The van der Waals surface area contributed by atoms with Crippen LogP contribution in [-0.2, 0) is 19.1 Å². The summed E-state index contributed by atoms with van der Waals surface area (Å²) in [7, 11) is 0. The number of hydrogen-bond acceptors (Lipinski definition) is 5. The average molecular weight is 385 g/mol. The Balaban J connectivity index is 1.65. The summed E-state index contributed by atoms with van der Waals surface area (Å²) in [6, 6.07) is 5.18. The summed E-state index contributed by atoms with van der Waals surface area (Å²) in [6.07, 6.45) is 0.195. The lowest BCUT2D eigenvalue weighted by molar-refractivity contribution is -0.139. The molecule has 2 amide bonds. The van der Waals surface area contributed by atoms with Crippen LogP contribution >= 0.6 is 23.4 Å². The third kappa shape index (κ3) is 4.26. The maximum atomic E-state index is 12.4. The van der Waals surface area contributed by atoms with Crippen molar-refractivity contribution in [2.24, 2.45) is 0 Å². The number of thioether (sulfide) groups is 1. The zero-order valence-corrected chi connectivity index (χ0v) is 14.8. The standard InChI is InChI=1S/C16H17ClN2O5S/c17-9-1-2-11-10(5-9)18-15(23)12(25-11)6-13(20)19-16(7-14(21)22)3-4-24-8-16/h1-2,5,12H,3-4,6-8H2,(H,18,23)(H,19,20)(H,21,22). The number of fused-ring (bicyclic) bond motifs is 1. The van der Waals surface area contributed by atoms with Gasteiger partial charge in [0.15, 0.2) is 0 Å². The number of halogens is 1. The van der Waals surface area contributed by atoms with E-state index in [9.17, 15) is 14.4 Å². The number of amides is 2. The van der Waals surface area contributed by atoms with Gasteiger partial charge in [0.2, 0.25) is 11.8 Å². The number of anilines is 1. The molecule has 2 aliphatic rings. The molecule has 1 saturated heterocycles. The van der Waals surface area contributed by atoms with Gasteiger partial charge in [0.1, 0.15) is 0 Å². The molecule has 7 nitrogen and oxygen atoms in total. The minimum Gasteiger partial charge on any atom is -0.481 e. The van der Waals surface area contributed by atoms with Crippen molar-refractivity contribution in [3.63, 3.8) is 0 Å². The highest BCUT2D eigenvalue weighted by atomic mass is 35.5. The summed E-state index contributed by atoms with van der Waals surface area (Å²) < 4.78 is 5.26. The second-order valence-electron chi connectivity index (χ2n) is 6.14. The Morgan fingerprint density at radius 2 is 2.28 bits per heavy atom. The molecule has 25 heavy (non-hydrogen) atoms. The molecular formula is C16H17ClN2O5S. The van der Waals surface area contributed by atoms with Gasteiger partial charge in [-0.15, -0.1) is 11.8 Å². The first kappa shape index (κ1) is 18.0. The molecule has 3 N–H and O–H groups in total. The Labute approximate surface area is 153 Å². The molecule has 2 aliphatic heterocycles. The summed E-state index contributed by atoms with van der Waals surface area (Å²) >= 11 is 7.21. The lowest BCUT2D eigenvalue weighted by Crippen LogP contribution is -2.51. The van der Waals surface area contributed by atoms with Gasteiger partial charge in [-0.25, -0.2) is 0 Å². The van der Waals surface area contributed by atoms with Gasteiger partial charge in [-0.1, -0.05) is 11.6 Å². The molecular weight excluding hydrogens is 368 g/mol. The van der Waals surface area contributed by atoms with Crippen LogP contribution in [0.1, 0.15) is 19.3 Å². The first-order valence-corrected chi connectivity index (χ1v) is 9.00. The van der Waals surface area contributed by atoms with Gasteiger partial charge in [-0.3, -0.25) is 14.4 Å². The summed E-state index contributed by atoms with van der Waals surface area (Å²) in [5.41, 5.74) is -0.268. The van der Waals surface area contributed by atoms with Gasteiger partial charge in [-0.2, -0.15) is 0 Å². The van der Waals surface area contributed by atoms with Crippen LogP contribution in [0.25, 0.3) is 0 Å². The molecule has 0 saturated carbocycles. The lowest BCUT2D eigenvalue weighted by atomic mass is 9.94. The molecule has 0 aromatic heterocycles. The highest BCUT2D eigenvalue weighted by molar-refractivity contribution is 8.01. The van der Waals surface area contributed by atoms with Gasteiger partial charge < -0.3 is 20.5 Å². The second-order valence-corrected chi connectivity index (χ2v) is 7.82. The van der Waals surface area contributed by atoms with Crippen molar-refractivity contribution in [2.45, 2.75) is 34.9 Å². The fraction of sp³-hybridized carbons (Fsp3) is 0.438. The normalized spacial score (nSPS) is 25.2. The van der Waals surface area contributed by atoms with Crippen LogP contribution in [0.15, 0.2) is 23.1 Å². The number of hydrogen-bond donors (Lipinski definition) is 3. The smallest absolute Gasteiger partial charge is 0.305 e. The van der Waals surface area contributed by atoms with E-state index in [1.54, 1.807) is 18.2 Å². The molecule has 2 unspecified atom stereocenters. The van der Waals surface area contributed by atoms with Crippen LogP contribution in [0.4, 0.5) is 5.69 Å². The van der Waals surface area contributed by atoms with Crippen LogP contribution < -0.4 is 10.6 Å². The van der Waals surface area contributed by atoms with Gasteiger partial charge in [0, 0.05) is 22.9 Å². The zero-order chi connectivity index (χ0) is 18.0. The molecule has 2 heterocycles. The van der Waals surface area contributed by atoms with E-state index in [0.717, 1.165) is 4.90 Å². The first-order valence-electron chi connectivity index (χ1n) is 7.74. The van der Waals surface area contributed by atoms with Crippen LogP contribution in [0, 0.1) is 0 Å². The number of carboxylic acid groups (broad SMARTS) is 1. The largest absolute Gasteiger partial charge is 0.481 e. The van der Waals surface area contributed by atoms with E-state index in [2.05, 4.69) is 10.6 Å². The van der Waals surface area contributed by atoms with Crippen molar-refractivity contribution in [3.8, 4) is 0 Å². The van der Waals surface area contributed by atoms with E-state index in [0.29, 0.717) is 23.7 Å². The quantitative estimate of drug-likeness (QED) is 0.716. The first-order chi connectivity index (χ1) is 11.9. The fourth-order valence-electron chi connectivity index (χ4n) is 2.95. The Bertz CT molecular complexity index is 720. The summed E-state index contributed by atoms with van der Waals surface area (Å²) in [5, 5.41) is 14.5. The van der Waals surface area contributed by atoms with Gasteiger partial charge in [0.25, 0.3) is 0 Å². The number of aliphatic carboxylic acids is 1. The van der Waals surface area contributed by atoms with E-state index in [4.69, 9.17) is 21.4 Å². The van der Waals surface area contributed by atoms with E-state index in [-0.39, 0.29) is 31.3 Å². The number of ether oxygens (including phenoxy) is 1. The molecule has 0 aliphatic carbocycles. The average Bonchev–Trinajstić information content (AvgIpc) is 2.95. The number of benzene rings is 1. The van der Waals surface area contributed by atoms with Crippen LogP contribution in [0.2, 0.25) is 5.02 Å². The Hall–Kier alpha value is -1.77. The number of nitrogens with one attached hydrogen (secondary N) is 2.